The Morgan fingerprint density at radius 1 is 1.44 bits per heavy atom. The highest BCUT2D eigenvalue weighted by molar-refractivity contribution is 5.78. The van der Waals surface area contributed by atoms with Gasteiger partial charge in [-0.05, 0) is 22.4 Å². The second-order valence-corrected chi connectivity index (χ2v) is 3.51. The summed E-state index contributed by atoms with van der Waals surface area (Å²) >= 11 is 0. The van der Waals surface area contributed by atoms with E-state index in [1.807, 2.05) is 0 Å². The Balaban J connectivity index is 2.32. The second-order valence-electron chi connectivity index (χ2n) is 3.51. The number of rotatable bonds is 2. The monoisotopic (exact) mass is 241 g/mol. The van der Waals surface area contributed by atoms with Gasteiger partial charge in [0.05, 0.1) is 0 Å². The molecule has 0 fully saturated rings. The maximum Gasteiger partial charge on any atom is 0.296 e. The molecule has 18 heavy (non-hydrogen) atoms. The van der Waals surface area contributed by atoms with Crippen molar-refractivity contribution in [2.75, 3.05) is 5.73 Å². The molecule has 0 amide bonds. The van der Waals surface area contributed by atoms with Gasteiger partial charge in [-0.25, -0.2) is 25.7 Å². The van der Waals surface area contributed by atoms with E-state index in [-0.39, 0.29) is 12.5 Å². The van der Waals surface area contributed by atoms with Crippen molar-refractivity contribution in [3.8, 4) is 11.5 Å². The molecular formula is C10H7N7O. The summed E-state index contributed by atoms with van der Waals surface area (Å²) in [6, 6.07) is 3.57. The maximum atomic E-state index is 6.99. The van der Waals surface area contributed by atoms with E-state index in [1.165, 1.54) is 0 Å². The van der Waals surface area contributed by atoms with Crippen LogP contribution in [-0.2, 0) is 6.67 Å². The fraction of sp³-hybridized carbons (Fsp3) is 0.100. The fourth-order valence-corrected chi connectivity index (χ4v) is 1.69. The van der Waals surface area contributed by atoms with Gasteiger partial charge in [0.15, 0.2) is 23.0 Å². The van der Waals surface area contributed by atoms with Gasteiger partial charge in [-0.1, -0.05) is 0 Å². The molecule has 0 saturated carbocycles. The number of pyridine rings is 1. The Kier molecular flexibility index (Phi) is 2.16. The highest BCUT2D eigenvalue weighted by Crippen LogP contribution is 2.25. The van der Waals surface area contributed by atoms with E-state index in [0.29, 0.717) is 22.7 Å². The first-order chi connectivity index (χ1) is 8.81. The van der Waals surface area contributed by atoms with E-state index in [0.717, 1.165) is 0 Å². The van der Waals surface area contributed by atoms with Gasteiger partial charge in [0.1, 0.15) is 5.52 Å². The molecule has 0 unspecified atom stereocenters. The van der Waals surface area contributed by atoms with Crippen LogP contribution in [0.25, 0.3) is 27.5 Å². The topological polar surface area (TPSA) is 100 Å². The van der Waals surface area contributed by atoms with Crippen molar-refractivity contribution in [1.29, 1.82) is 0 Å². The lowest BCUT2D eigenvalue weighted by Crippen LogP contribution is -2.00. The first kappa shape index (κ1) is 10.2. The quantitative estimate of drug-likeness (QED) is 0.670. The minimum atomic E-state index is 0.0785. The predicted octanol–water partition coefficient (Wildman–Crippen LogP) is 0.940. The fourth-order valence-electron chi connectivity index (χ4n) is 1.69. The number of imidazole rings is 1. The Hall–Kier alpha value is -2.95. The van der Waals surface area contributed by atoms with E-state index in [4.69, 9.17) is 12.3 Å². The summed E-state index contributed by atoms with van der Waals surface area (Å²) in [5.74, 6) is 0.565. The van der Waals surface area contributed by atoms with Gasteiger partial charge in [0.25, 0.3) is 6.67 Å². The third-order valence-electron chi connectivity index (χ3n) is 2.44. The standard InChI is InChI=1S/C10H7N7O/c1-12-5-17-9-6(3-2-4-13-9)14-10(17)7-8(11)16-18-15-7/h2-4H,5H2,(H2,11,16). The van der Waals surface area contributed by atoms with Crippen LogP contribution in [0.2, 0.25) is 0 Å². The molecule has 0 saturated heterocycles. The zero-order valence-corrected chi connectivity index (χ0v) is 9.11. The lowest BCUT2D eigenvalue weighted by Gasteiger charge is -1.97. The van der Waals surface area contributed by atoms with Crippen molar-refractivity contribution >= 4 is 17.0 Å². The van der Waals surface area contributed by atoms with Crippen molar-refractivity contribution < 1.29 is 4.63 Å². The van der Waals surface area contributed by atoms with Crippen LogP contribution in [0.3, 0.4) is 0 Å². The maximum absolute atomic E-state index is 6.99. The molecule has 0 bridgehead atoms. The molecule has 3 aromatic heterocycles. The van der Waals surface area contributed by atoms with Gasteiger partial charge < -0.3 is 5.73 Å². The number of aromatic nitrogens is 5. The van der Waals surface area contributed by atoms with Crippen LogP contribution in [0.15, 0.2) is 23.0 Å². The van der Waals surface area contributed by atoms with Gasteiger partial charge in [-0.15, -0.1) is 0 Å². The second kappa shape index (κ2) is 3.81. The van der Waals surface area contributed by atoms with E-state index >= 15 is 0 Å². The molecule has 0 radical (unpaired) electrons. The highest BCUT2D eigenvalue weighted by Gasteiger charge is 2.20. The van der Waals surface area contributed by atoms with Crippen LogP contribution in [0, 0.1) is 6.57 Å². The van der Waals surface area contributed by atoms with Gasteiger partial charge in [0.2, 0.25) is 0 Å². The summed E-state index contributed by atoms with van der Waals surface area (Å²) in [5, 5.41) is 7.20. The van der Waals surface area contributed by atoms with Gasteiger partial charge in [-0.3, -0.25) is 4.85 Å². The largest absolute Gasteiger partial charge is 0.379 e. The van der Waals surface area contributed by atoms with Crippen LogP contribution in [0.4, 0.5) is 5.82 Å². The first-order valence-electron chi connectivity index (χ1n) is 5.04. The molecule has 3 aromatic rings. The molecule has 8 heteroatoms. The molecule has 3 heterocycles. The third kappa shape index (κ3) is 1.38. The Bertz CT molecular complexity index is 751. The third-order valence-corrected chi connectivity index (χ3v) is 2.44. The van der Waals surface area contributed by atoms with Crippen LogP contribution in [0.1, 0.15) is 0 Å². The molecule has 0 aliphatic heterocycles. The summed E-state index contributed by atoms with van der Waals surface area (Å²) < 4.78 is 6.18. The lowest BCUT2D eigenvalue weighted by molar-refractivity contribution is 0.310. The molecule has 0 spiro atoms. The van der Waals surface area contributed by atoms with Crippen molar-refractivity contribution in [3.63, 3.8) is 0 Å². The molecule has 8 nitrogen and oxygen atoms in total. The van der Waals surface area contributed by atoms with E-state index in [9.17, 15) is 0 Å². The highest BCUT2D eigenvalue weighted by atomic mass is 16.6. The minimum Gasteiger partial charge on any atom is -0.379 e. The Morgan fingerprint density at radius 3 is 3.06 bits per heavy atom. The number of hydrogen-bond acceptors (Lipinski definition) is 6. The summed E-state index contributed by atoms with van der Waals surface area (Å²) in [7, 11) is 0. The van der Waals surface area contributed by atoms with E-state index in [1.54, 1.807) is 22.9 Å². The molecule has 88 valence electrons. The molecule has 0 aliphatic carbocycles. The Labute approximate surface area is 101 Å². The molecule has 2 N–H and O–H groups in total. The van der Waals surface area contributed by atoms with Crippen LogP contribution >= 0.6 is 0 Å². The van der Waals surface area contributed by atoms with Crippen molar-refractivity contribution in [1.82, 2.24) is 24.8 Å². The average Bonchev–Trinajstić information content (AvgIpc) is 2.94. The van der Waals surface area contributed by atoms with E-state index < -0.39 is 0 Å². The SMILES string of the molecule is [C-]#[N+]Cn1c(-c2nonc2N)nc2cccnc21. The summed E-state index contributed by atoms with van der Waals surface area (Å²) in [5.41, 5.74) is 7.23. The number of nitrogens with two attached hydrogens (primary N) is 1. The van der Waals surface area contributed by atoms with Crippen LogP contribution < -0.4 is 5.73 Å². The molecule has 0 aromatic carbocycles. The number of fused-ring (bicyclic) bond motifs is 1. The Morgan fingerprint density at radius 2 is 2.33 bits per heavy atom. The lowest BCUT2D eigenvalue weighted by atomic mass is 10.4. The zero-order valence-electron chi connectivity index (χ0n) is 9.11. The number of anilines is 1. The first-order valence-corrected chi connectivity index (χ1v) is 5.04. The smallest absolute Gasteiger partial charge is 0.296 e. The summed E-state index contributed by atoms with van der Waals surface area (Å²) in [4.78, 5) is 11.9. The average molecular weight is 241 g/mol. The molecule has 0 aliphatic rings. The van der Waals surface area contributed by atoms with Crippen LogP contribution in [-0.4, -0.2) is 24.8 Å². The molecule has 0 atom stereocenters. The minimum absolute atomic E-state index is 0.0785. The number of hydrogen-bond donors (Lipinski definition) is 1. The summed E-state index contributed by atoms with van der Waals surface area (Å²) in [6.45, 7) is 7.07. The molecule has 3 rings (SSSR count). The van der Waals surface area contributed by atoms with Crippen molar-refractivity contribution in [3.05, 3.63) is 29.7 Å². The van der Waals surface area contributed by atoms with Crippen molar-refractivity contribution in [2.45, 2.75) is 6.67 Å². The molecular weight excluding hydrogens is 234 g/mol. The number of nitrogen functional groups attached to an aromatic ring is 1. The van der Waals surface area contributed by atoms with Crippen molar-refractivity contribution in [2.24, 2.45) is 0 Å². The zero-order chi connectivity index (χ0) is 12.5. The predicted molar refractivity (Wildman–Crippen MR) is 61.8 cm³/mol. The summed E-state index contributed by atoms with van der Waals surface area (Å²) in [6.07, 6.45) is 1.64. The van der Waals surface area contributed by atoms with Gasteiger partial charge >= 0.3 is 0 Å². The van der Waals surface area contributed by atoms with Crippen LogP contribution in [0.5, 0.6) is 0 Å². The van der Waals surface area contributed by atoms with Gasteiger partial charge in [0, 0.05) is 6.20 Å². The normalized spacial score (nSPS) is 10.6. The van der Waals surface area contributed by atoms with E-state index in [2.05, 4.69) is 29.8 Å². The number of nitrogens with zero attached hydrogens (tertiary/aromatic N) is 6. The van der Waals surface area contributed by atoms with Gasteiger partial charge in [-0.2, -0.15) is 0 Å².